The van der Waals surface area contributed by atoms with Crippen LogP contribution >= 0.6 is 0 Å². The molecule has 4 rings (SSSR count). The maximum atomic E-state index is 12.8. The van der Waals surface area contributed by atoms with Crippen LogP contribution in [0.5, 0.6) is 5.88 Å². The number of piperidine rings is 1. The van der Waals surface area contributed by atoms with E-state index in [1.165, 1.54) is 0 Å². The summed E-state index contributed by atoms with van der Waals surface area (Å²) in [7, 11) is 1.55. The standard InChI is InChI=1S/C19H23N7O3/c1-12(2)17-21-18(29-23-17)15-11-26(24-22-15)14-5-4-8-25(10-14)19(27)13-6-7-16(28-3)20-9-13/h6-7,9,11-12,14H,4-5,8,10H2,1-3H3. The Morgan fingerprint density at radius 1 is 1.34 bits per heavy atom. The minimum atomic E-state index is -0.0522. The third-order valence-electron chi connectivity index (χ3n) is 4.94. The molecular weight excluding hydrogens is 374 g/mol. The van der Waals surface area contributed by atoms with Crippen molar-refractivity contribution in [2.45, 2.75) is 38.6 Å². The topological polar surface area (TPSA) is 112 Å². The Morgan fingerprint density at radius 3 is 2.90 bits per heavy atom. The number of nitrogens with zero attached hydrogens (tertiary/aromatic N) is 7. The van der Waals surface area contributed by atoms with Crippen molar-refractivity contribution in [3.8, 4) is 17.5 Å². The van der Waals surface area contributed by atoms with Crippen molar-refractivity contribution in [2.24, 2.45) is 0 Å². The molecule has 3 aromatic rings. The Hall–Kier alpha value is -3.30. The number of hydrogen-bond acceptors (Lipinski definition) is 8. The molecule has 1 amide bonds. The molecule has 4 heterocycles. The normalized spacial score (nSPS) is 17.0. The summed E-state index contributed by atoms with van der Waals surface area (Å²) in [6.07, 6.45) is 5.13. The van der Waals surface area contributed by atoms with Crippen LogP contribution in [0, 0.1) is 0 Å². The Morgan fingerprint density at radius 2 is 2.21 bits per heavy atom. The van der Waals surface area contributed by atoms with Gasteiger partial charge in [0.1, 0.15) is 0 Å². The third-order valence-corrected chi connectivity index (χ3v) is 4.94. The summed E-state index contributed by atoms with van der Waals surface area (Å²) >= 11 is 0. The average molecular weight is 397 g/mol. The molecule has 1 atom stereocenters. The van der Waals surface area contributed by atoms with Gasteiger partial charge >= 0.3 is 0 Å². The Bertz CT molecular complexity index is 980. The van der Waals surface area contributed by atoms with Crippen LogP contribution in [0.3, 0.4) is 0 Å². The summed E-state index contributed by atoms with van der Waals surface area (Å²) in [6, 6.07) is 3.45. The highest BCUT2D eigenvalue weighted by Gasteiger charge is 2.27. The lowest BCUT2D eigenvalue weighted by Gasteiger charge is -2.32. The lowest BCUT2D eigenvalue weighted by Crippen LogP contribution is -2.40. The van der Waals surface area contributed by atoms with E-state index >= 15 is 0 Å². The van der Waals surface area contributed by atoms with Gasteiger partial charge in [-0.15, -0.1) is 5.10 Å². The van der Waals surface area contributed by atoms with Gasteiger partial charge in [0, 0.05) is 31.3 Å². The van der Waals surface area contributed by atoms with Crippen LogP contribution in [-0.4, -0.2) is 61.1 Å². The number of carbonyl (C=O) groups is 1. The van der Waals surface area contributed by atoms with Gasteiger partial charge in [0.2, 0.25) is 5.88 Å². The van der Waals surface area contributed by atoms with Crippen molar-refractivity contribution < 1.29 is 14.1 Å². The lowest BCUT2D eigenvalue weighted by molar-refractivity contribution is 0.0671. The van der Waals surface area contributed by atoms with Crippen molar-refractivity contribution >= 4 is 5.91 Å². The third kappa shape index (κ3) is 3.96. The molecule has 29 heavy (non-hydrogen) atoms. The predicted molar refractivity (Wildman–Crippen MR) is 102 cm³/mol. The zero-order valence-electron chi connectivity index (χ0n) is 16.6. The molecule has 0 aromatic carbocycles. The Labute approximate surface area is 167 Å². The Balaban J connectivity index is 1.46. The SMILES string of the molecule is COc1ccc(C(=O)N2CCCC(n3cc(-c4nc(C(C)C)no4)nn3)C2)cn1. The second-order valence-electron chi connectivity index (χ2n) is 7.33. The summed E-state index contributed by atoms with van der Waals surface area (Å²) in [5.74, 6) is 1.59. The van der Waals surface area contributed by atoms with Crippen LogP contribution in [0.4, 0.5) is 0 Å². The van der Waals surface area contributed by atoms with E-state index in [1.807, 2.05) is 18.7 Å². The minimum absolute atomic E-state index is 0.0349. The first-order chi connectivity index (χ1) is 14.0. The number of carbonyl (C=O) groups excluding carboxylic acids is 1. The zero-order valence-corrected chi connectivity index (χ0v) is 16.6. The van der Waals surface area contributed by atoms with Gasteiger partial charge in [0.25, 0.3) is 11.8 Å². The molecular formula is C19H23N7O3. The number of hydrogen-bond donors (Lipinski definition) is 0. The van der Waals surface area contributed by atoms with Gasteiger partial charge in [-0.25, -0.2) is 9.67 Å². The summed E-state index contributed by atoms with van der Waals surface area (Å²) in [6.45, 7) is 5.24. The summed E-state index contributed by atoms with van der Waals surface area (Å²) in [5, 5.41) is 12.4. The zero-order chi connectivity index (χ0) is 20.4. The Kier molecular flexibility index (Phi) is 5.24. The fourth-order valence-corrected chi connectivity index (χ4v) is 3.29. The molecule has 0 aliphatic carbocycles. The summed E-state index contributed by atoms with van der Waals surface area (Å²) in [5.41, 5.74) is 1.07. The molecule has 1 saturated heterocycles. The van der Waals surface area contributed by atoms with E-state index in [1.54, 1.807) is 36.3 Å². The van der Waals surface area contributed by atoms with E-state index in [9.17, 15) is 4.79 Å². The predicted octanol–water partition coefficient (Wildman–Crippen LogP) is 2.33. The largest absolute Gasteiger partial charge is 0.481 e. The van der Waals surface area contributed by atoms with Crippen molar-refractivity contribution in [1.29, 1.82) is 0 Å². The van der Waals surface area contributed by atoms with Gasteiger partial charge in [0.15, 0.2) is 11.5 Å². The van der Waals surface area contributed by atoms with E-state index in [0.717, 1.165) is 12.8 Å². The molecule has 1 aliphatic heterocycles. The fourth-order valence-electron chi connectivity index (χ4n) is 3.29. The smallest absolute Gasteiger partial charge is 0.280 e. The number of pyridine rings is 1. The lowest BCUT2D eigenvalue weighted by atomic mass is 10.0. The summed E-state index contributed by atoms with van der Waals surface area (Å²) < 4.78 is 12.1. The number of amides is 1. The quantitative estimate of drug-likeness (QED) is 0.645. The van der Waals surface area contributed by atoms with Gasteiger partial charge in [-0.3, -0.25) is 4.79 Å². The number of methoxy groups -OCH3 is 1. The highest BCUT2D eigenvalue weighted by Crippen LogP contribution is 2.24. The summed E-state index contributed by atoms with van der Waals surface area (Å²) in [4.78, 5) is 23.1. The molecule has 1 unspecified atom stereocenters. The van der Waals surface area contributed by atoms with Gasteiger partial charge in [-0.2, -0.15) is 4.98 Å². The maximum absolute atomic E-state index is 12.8. The second-order valence-corrected chi connectivity index (χ2v) is 7.33. The second kappa shape index (κ2) is 7.98. The first-order valence-corrected chi connectivity index (χ1v) is 9.60. The van der Waals surface area contributed by atoms with Crippen molar-refractivity contribution in [2.75, 3.05) is 20.2 Å². The van der Waals surface area contributed by atoms with Crippen LogP contribution in [0.2, 0.25) is 0 Å². The van der Waals surface area contributed by atoms with Crippen LogP contribution in [0.15, 0.2) is 29.0 Å². The molecule has 10 nitrogen and oxygen atoms in total. The first kappa shape index (κ1) is 19.0. The highest BCUT2D eigenvalue weighted by atomic mass is 16.5. The van der Waals surface area contributed by atoms with E-state index in [2.05, 4.69) is 25.4 Å². The van der Waals surface area contributed by atoms with E-state index in [0.29, 0.717) is 41.9 Å². The van der Waals surface area contributed by atoms with E-state index < -0.39 is 0 Å². The maximum Gasteiger partial charge on any atom is 0.280 e. The van der Waals surface area contributed by atoms with Crippen LogP contribution in [0.1, 0.15) is 54.8 Å². The molecule has 1 aliphatic rings. The number of ether oxygens (including phenoxy) is 1. The number of rotatable bonds is 5. The molecule has 152 valence electrons. The highest BCUT2D eigenvalue weighted by molar-refractivity contribution is 5.94. The van der Waals surface area contributed by atoms with Gasteiger partial charge in [0.05, 0.1) is 24.9 Å². The van der Waals surface area contributed by atoms with Crippen molar-refractivity contribution in [1.82, 2.24) is 35.0 Å². The molecule has 0 radical (unpaired) electrons. The van der Waals surface area contributed by atoms with Gasteiger partial charge < -0.3 is 14.2 Å². The van der Waals surface area contributed by atoms with Gasteiger partial charge in [-0.1, -0.05) is 24.2 Å². The first-order valence-electron chi connectivity index (χ1n) is 9.60. The monoisotopic (exact) mass is 397 g/mol. The van der Waals surface area contributed by atoms with Crippen LogP contribution in [0.25, 0.3) is 11.6 Å². The molecule has 0 bridgehead atoms. The van der Waals surface area contributed by atoms with Gasteiger partial charge in [-0.05, 0) is 18.9 Å². The van der Waals surface area contributed by atoms with Crippen LogP contribution < -0.4 is 4.74 Å². The molecule has 10 heteroatoms. The van der Waals surface area contributed by atoms with Crippen molar-refractivity contribution in [3.63, 3.8) is 0 Å². The molecule has 0 saturated carbocycles. The molecule has 0 spiro atoms. The number of aromatic nitrogens is 6. The van der Waals surface area contributed by atoms with Crippen molar-refractivity contribution in [3.05, 3.63) is 35.9 Å². The molecule has 3 aromatic heterocycles. The van der Waals surface area contributed by atoms with E-state index in [4.69, 9.17) is 9.26 Å². The average Bonchev–Trinajstić information content (AvgIpc) is 3.43. The van der Waals surface area contributed by atoms with Crippen LogP contribution in [-0.2, 0) is 0 Å². The molecule has 0 N–H and O–H groups in total. The molecule has 1 fully saturated rings. The fraction of sp³-hybridized carbons (Fsp3) is 0.474. The minimum Gasteiger partial charge on any atom is -0.481 e. The van der Waals surface area contributed by atoms with E-state index in [-0.39, 0.29) is 17.9 Å². The number of likely N-dealkylation sites (tertiary alicyclic amines) is 1.